The fourth-order valence-electron chi connectivity index (χ4n) is 2.63. The third kappa shape index (κ3) is 2.58. The Labute approximate surface area is 139 Å². The van der Waals surface area contributed by atoms with E-state index in [2.05, 4.69) is 20.5 Å². The van der Waals surface area contributed by atoms with Crippen LogP contribution in [0.25, 0.3) is 5.52 Å². The number of ether oxygens (including phenoxy) is 2. The number of nitrogens with one attached hydrogen (secondary N) is 2. The van der Waals surface area contributed by atoms with Crippen molar-refractivity contribution in [2.24, 2.45) is 5.92 Å². The zero-order valence-corrected chi connectivity index (χ0v) is 14.0. The number of carbonyl (C=O) groups excluding carboxylic acids is 2. The number of rotatable bonds is 3. The first-order valence-corrected chi connectivity index (χ1v) is 7.68. The molecule has 0 saturated carbocycles. The molecule has 2 unspecified atom stereocenters. The van der Waals surface area contributed by atoms with Crippen LogP contribution in [0, 0.1) is 5.92 Å². The molecule has 0 aliphatic carbocycles. The minimum atomic E-state index is -0.843. The molecular formula is C16H20N4O4. The molecule has 2 N–H and O–H groups in total. The standard InChI is InChI=1S/C16H20N4O4/c1-9(2)16(3)14(21)17-13(18-16)12-11(24-15(22)23-4)8-10-6-5-7-20(10)19-12/h5-9,13,18H,1-4H3,(H,17,21). The Kier molecular flexibility index (Phi) is 3.92. The third-order valence-electron chi connectivity index (χ3n) is 4.49. The summed E-state index contributed by atoms with van der Waals surface area (Å²) in [5.41, 5.74) is 0.427. The Hall–Kier alpha value is -2.61. The van der Waals surface area contributed by atoms with Crippen LogP contribution in [0.2, 0.25) is 0 Å². The van der Waals surface area contributed by atoms with Crippen LogP contribution in [0.4, 0.5) is 4.79 Å². The van der Waals surface area contributed by atoms with Crippen molar-refractivity contribution in [3.8, 4) is 5.75 Å². The molecule has 1 amide bonds. The number of nitrogens with zero attached hydrogens (tertiary/aromatic N) is 2. The summed E-state index contributed by atoms with van der Waals surface area (Å²) in [6.07, 6.45) is 0.361. The normalized spacial score (nSPS) is 23.5. The average molecular weight is 332 g/mol. The zero-order valence-electron chi connectivity index (χ0n) is 14.0. The second-order valence-electron chi connectivity index (χ2n) is 6.24. The Bertz CT molecular complexity index is 800. The number of hydrogen-bond acceptors (Lipinski definition) is 6. The smallest absolute Gasteiger partial charge is 0.437 e. The van der Waals surface area contributed by atoms with Crippen LogP contribution in [0.5, 0.6) is 5.75 Å². The van der Waals surface area contributed by atoms with Gasteiger partial charge in [0.2, 0.25) is 5.91 Å². The van der Waals surface area contributed by atoms with E-state index < -0.39 is 17.9 Å². The van der Waals surface area contributed by atoms with Crippen molar-refractivity contribution in [2.75, 3.05) is 7.11 Å². The second kappa shape index (κ2) is 5.79. The number of methoxy groups -OCH3 is 1. The van der Waals surface area contributed by atoms with Gasteiger partial charge in [0.25, 0.3) is 0 Å². The predicted octanol–water partition coefficient (Wildman–Crippen LogP) is 1.61. The molecule has 0 spiro atoms. The highest BCUT2D eigenvalue weighted by atomic mass is 16.7. The fraction of sp³-hybridized carbons (Fsp3) is 0.438. The van der Waals surface area contributed by atoms with Gasteiger partial charge in [-0.3, -0.25) is 10.1 Å². The van der Waals surface area contributed by atoms with Gasteiger partial charge in [0.15, 0.2) is 5.75 Å². The highest BCUT2D eigenvalue weighted by molar-refractivity contribution is 5.88. The molecule has 8 heteroatoms. The maximum absolute atomic E-state index is 12.4. The van der Waals surface area contributed by atoms with Gasteiger partial charge in [0.1, 0.15) is 11.9 Å². The van der Waals surface area contributed by atoms with Gasteiger partial charge in [-0.05, 0) is 25.0 Å². The van der Waals surface area contributed by atoms with E-state index in [1.165, 1.54) is 7.11 Å². The van der Waals surface area contributed by atoms with E-state index in [1.54, 1.807) is 16.8 Å². The van der Waals surface area contributed by atoms with E-state index in [1.807, 2.05) is 32.9 Å². The molecule has 1 saturated heterocycles. The SMILES string of the molecule is COC(=O)Oc1cc2cccn2nc1C1NC(=O)C(C)(C(C)C)N1. The summed E-state index contributed by atoms with van der Waals surface area (Å²) in [7, 11) is 1.23. The minimum Gasteiger partial charge on any atom is -0.437 e. The van der Waals surface area contributed by atoms with Crippen LogP contribution in [-0.4, -0.2) is 34.3 Å². The van der Waals surface area contributed by atoms with E-state index >= 15 is 0 Å². The molecule has 2 aromatic heterocycles. The molecule has 2 atom stereocenters. The fourth-order valence-corrected chi connectivity index (χ4v) is 2.63. The number of hydrogen-bond donors (Lipinski definition) is 2. The van der Waals surface area contributed by atoms with Crippen LogP contribution in [0.15, 0.2) is 24.4 Å². The van der Waals surface area contributed by atoms with E-state index in [-0.39, 0.29) is 17.6 Å². The van der Waals surface area contributed by atoms with Crippen molar-refractivity contribution in [3.05, 3.63) is 30.1 Å². The lowest BCUT2D eigenvalue weighted by Crippen LogP contribution is -2.48. The average Bonchev–Trinajstić information content (AvgIpc) is 3.11. The quantitative estimate of drug-likeness (QED) is 0.830. The van der Waals surface area contributed by atoms with Gasteiger partial charge in [0, 0.05) is 12.3 Å². The van der Waals surface area contributed by atoms with Crippen LogP contribution < -0.4 is 15.4 Å². The highest BCUT2D eigenvalue weighted by Crippen LogP contribution is 2.31. The van der Waals surface area contributed by atoms with Crippen molar-refractivity contribution >= 4 is 17.6 Å². The number of carbonyl (C=O) groups is 2. The predicted molar refractivity (Wildman–Crippen MR) is 85.5 cm³/mol. The molecule has 128 valence electrons. The van der Waals surface area contributed by atoms with Gasteiger partial charge >= 0.3 is 6.16 Å². The van der Waals surface area contributed by atoms with Crippen molar-refractivity contribution < 1.29 is 19.1 Å². The number of fused-ring (bicyclic) bond motifs is 1. The van der Waals surface area contributed by atoms with Crippen molar-refractivity contribution in [2.45, 2.75) is 32.5 Å². The molecule has 3 heterocycles. The summed E-state index contributed by atoms with van der Waals surface area (Å²) < 4.78 is 11.4. The van der Waals surface area contributed by atoms with E-state index in [9.17, 15) is 9.59 Å². The maximum atomic E-state index is 12.4. The monoisotopic (exact) mass is 332 g/mol. The Balaban J connectivity index is 2.03. The lowest BCUT2D eigenvalue weighted by Gasteiger charge is -2.26. The summed E-state index contributed by atoms with van der Waals surface area (Å²) in [6.45, 7) is 5.76. The van der Waals surface area contributed by atoms with Crippen molar-refractivity contribution in [3.63, 3.8) is 0 Å². The van der Waals surface area contributed by atoms with Gasteiger partial charge < -0.3 is 14.8 Å². The van der Waals surface area contributed by atoms with Crippen LogP contribution in [0.3, 0.4) is 0 Å². The first kappa shape index (κ1) is 16.3. The summed E-state index contributed by atoms with van der Waals surface area (Å²) in [5.74, 6) is 0.183. The van der Waals surface area contributed by atoms with Gasteiger partial charge in [-0.25, -0.2) is 9.31 Å². The summed E-state index contributed by atoms with van der Waals surface area (Å²) in [4.78, 5) is 23.9. The summed E-state index contributed by atoms with van der Waals surface area (Å²) in [6, 6.07) is 5.34. The third-order valence-corrected chi connectivity index (χ3v) is 4.49. The lowest BCUT2D eigenvalue weighted by atomic mass is 9.89. The molecule has 0 radical (unpaired) electrons. The number of amides is 1. The molecule has 0 bridgehead atoms. The van der Waals surface area contributed by atoms with E-state index in [0.29, 0.717) is 5.69 Å². The lowest BCUT2D eigenvalue weighted by molar-refractivity contribution is -0.125. The molecule has 3 rings (SSSR count). The minimum absolute atomic E-state index is 0.0720. The van der Waals surface area contributed by atoms with Crippen LogP contribution in [-0.2, 0) is 9.53 Å². The largest absolute Gasteiger partial charge is 0.513 e. The molecule has 1 aliphatic heterocycles. The second-order valence-corrected chi connectivity index (χ2v) is 6.24. The highest BCUT2D eigenvalue weighted by Gasteiger charge is 2.46. The molecule has 0 aromatic carbocycles. The van der Waals surface area contributed by atoms with E-state index in [0.717, 1.165) is 5.52 Å². The van der Waals surface area contributed by atoms with Gasteiger partial charge in [-0.2, -0.15) is 5.10 Å². The first-order chi connectivity index (χ1) is 11.3. The first-order valence-electron chi connectivity index (χ1n) is 7.68. The van der Waals surface area contributed by atoms with Crippen LogP contribution >= 0.6 is 0 Å². The van der Waals surface area contributed by atoms with Gasteiger partial charge in [-0.15, -0.1) is 0 Å². The molecule has 8 nitrogen and oxygen atoms in total. The topological polar surface area (TPSA) is 94.0 Å². The molecular weight excluding hydrogens is 312 g/mol. The molecule has 1 fully saturated rings. The summed E-state index contributed by atoms with van der Waals surface area (Å²) >= 11 is 0. The van der Waals surface area contributed by atoms with Gasteiger partial charge in [0.05, 0.1) is 18.2 Å². The van der Waals surface area contributed by atoms with E-state index in [4.69, 9.17) is 4.74 Å². The van der Waals surface area contributed by atoms with Crippen molar-refractivity contribution in [1.29, 1.82) is 0 Å². The van der Waals surface area contributed by atoms with Crippen molar-refractivity contribution in [1.82, 2.24) is 20.2 Å². The molecule has 24 heavy (non-hydrogen) atoms. The Morgan fingerprint density at radius 1 is 1.46 bits per heavy atom. The maximum Gasteiger partial charge on any atom is 0.513 e. The number of aromatic nitrogens is 2. The molecule has 1 aliphatic rings. The summed E-state index contributed by atoms with van der Waals surface area (Å²) in [5, 5.41) is 10.6. The Morgan fingerprint density at radius 2 is 2.21 bits per heavy atom. The van der Waals surface area contributed by atoms with Gasteiger partial charge in [-0.1, -0.05) is 13.8 Å². The molecule has 2 aromatic rings. The Morgan fingerprint density at radius 3 is 2.83 bits per heavy atom. The zero-order chi connectivity index (χ0) is 17.5. The van der Waals surface area contributed by atoms with Crippen LogP contribution in [0.1, 0.15) is 32.6 Å².